The van der Waals surface area contributed by atoms with Crippen LogP contribution in [0.15, 0.2) is 35.1 Å². The molecule has 0 aliphatic heterocycles. The highest BCUT2D eigenvalue weighted by Gasteiger charge is 2.38. The van der Waals surface area contributed by atoms with Gasteiger partial charge in [-0.1, -0.05) is 44.1 Å². The highest BCUT2D eigenvalue weighted by molar-refractivity contribution is 6.74. The molecule has 0 radical (unpaired) electrons. The second kappa shape index (κ2) is 13.8. The first kappa shape index (κ1) is 30.3. The molecular formula is C26H46O5Si. The fourth-order valence-electron chi connectivity index (χ4n) is 2.92. The van der Waals surface area contributed by atoms with E-state index in [1.54, 1.807) is 6.92 Å². The summed E-state index contributed by atoms with van der Waals surface area (Å²) in [6.45, 7) is 20.7. The van der Waals surface area contributed by atoms with E-state index in [0.717, 1.165) is 18.4 Å². The van der Waals surface area contributed by atoms with Gasteiger partial charge in [0.25, 0.3) is 0 Å². The Morgan fingerprint density at radius 1 is 1.09 bits per heavy atom. The maximum absolute atomic E-state index is 12.6. The van der Waals surface area contributed by atoms with Gasteiger partial charge in [-0.2, -0.15) is 0 Å². The predicted octanol–water partition coefficient (Wildman–Crippen LogP) is 7.06. The highest BCUT2D eigenvalue weighted by atomic mass is 28.4. The van der Waals surface area contributed by atoms with E-state index in [4.69, 9.17) is 9.16 Å². The Hall–Kier alpha value is -1.66. The summed E-state index contributed by atoms with van der Waals surface area (Å²) in [5, 5.41) is 10.6. The number of hydrogen-bond acceptors (Lipinski definition) is 5. The van der Waals surface area contributed by atoms with Gasteiger partial charge in [0.15, 0.2) is 14.1 Å². The van der Waals surface area contributed by atoms with E-state index in [2.05, 4.69) is 53.8 Å². The van der Waals surface area contributed by atoms with Gasteiger partial charge in [-0.05, 0) is 72.0 Å². The minimum absolute atomic E-state index is 0.0487. The zero-order chi connectivity index (χ0) is 25.1. The van der Waals surface area contributed by atoms with Crippen molar-refractivity contribution in [2.75, 3.05) is 6.61 Å². The molecule has 6 heteroatoms. The largest absolute Gasteiger partial charge is 0.511 e. The third-order valence-electron chi connectivity index (χ3n) is 5.82. The summed E-state index contributed by atoms with van der Waals surface area (Å²) in [5.41, 5.74) is 2.40. The van der Waals surface area contributed by atoms with Gasteiger partial charge in [-0.3, -0.25) is 9.59 Å². The summed E-state index contributed by atoms with van der Waals surface area (Å²) >= 11 is 0. The first-order valence-electron chi connectivity index (χ1n) is 11.7. The molecule has 2 atom stereocenters. The number of carbonyl (C=O) groups excluding carboxylic acids is 2. The molecule has 0 aliphatic carbocycles. The molecule has 1 N–H and O–H groups in total. The minimum atomic E-state index is -1.99. The lowest BCUT2D eigenvalue weighted by Crippen LogP contribution is -2.43. The molecule has 0 aromatic rings. The van der Waals surface area contributed by atoms with Crippen LogP contribution in [-0.2, 0) is 18.8 Å². The van der Waals surface area contributed by atoms with Crippen molar-refractivity contribution in [2.24, 2.45) is 5.92 Å². The van der Waals surface area contributed by atoms with E-state index in [9.17, 15) is 14.7 Å². The van der Waals surface area contributed by atoms with Gasteiger partial charge in [0, 0.05) is 18.6 Å². The summed E-state index contributed by atoms with van der Waals surface area (Å²) in [7, 11) is -1.99. The normalized spacial score (nSPS) is 15.2. The van der Waals surface area contributed by atoms with E-state index >= 15 is 0 Å². The third-order valence-corrected chi connectivity index (χ3v) is 10.4. The van der Waals surface area contributed by atoms with E-state index in [1.165, 1.54) is 11.6 Å². The Bertz CT molecular complexity index is 706. The Morgan fingerprint density at radius 2 is 1.69 bits per heavy atom. The first-order valence-corrected chi connectivity index (χ1v) is 14.6. The number of hydrogen-bond donors (Lipinski definition) is 1. The van der Waals surface area contributed by atoms with Crippen LogP contribution < -0.4 is 0 Å². The Labute approximate surface area is 197 Å². The zero-order valence-corrected chi connectivity index (χ0v) is 23.0. The van der Waals surface area contributed by atoms with Crippen molar-refractivity contribution in [1.82, 2.24) is 0 Å². The average molecular weight is 467 g/mol. The Balaban J connectivity index is 5.26. The number of aliphatic hydroxyl groups is 1. The van der Waals surface area contributed by atoms with Crippen LogP contribution in [0.1, 0.15) is 81.1 Å². The third kappa shape index (κ3) is 11.8. The van der Waals surface area contributed by atoms with Crippen LogP contribution in [0.4, 0.5) is 0 Å². The fraction of sp³-hybridized carbons (Fsp3) is 0.692. The molecule has 0 aliphatic rings. The molecule has 5 nitrogen and oxygen atoms in total. The summed E-state index contributed by atoms with van der Waals surface area (Å²) in [6.07, 6.45) is 7.29. The molecule has 0 rings (SSSR count). The molecular weight excluding hydrogens is 420 g/mol. The molecule has 32 heavy (non-hydrogen) atoms. The van der Waals surface area contributed by atoms with Crippen LogP contribution in [0, 0.1) is 5.92 Å². The number of allylic oxidation sites excluding steroid dienone is 5. The van der Waals surface area contributed by atoms with Crippen molar-refractivity contribution in [3.8, 4) is 0 Å². The van der Waals surface area contributed by atoms with Crippen LogP contribution >= 0.6 is 0 Å². The van der Waals surface area contributed by atoms with E-state index < -0.39 is 20.2 Å². The molecule has 2 unspecified atom stereocenters. The van der Waals surface area contributed by atoms with Gasteiger partial charge in [0.2, 0.25) is 0 Å². The van der Waals surface area contributed by atoms with Gasteiger partial charge < -0.3 is 14.3 Å². The number of ether oxygens (including phenoxy) is 1. The molecule has 0 saturated heterocycles. The molecule has 0 fully saturated rings. The van der Waals surface area contributed by atoms with Crippen molar-refractivity contribution in [1.29, 1.82) is 0 Å². The molecule has 184 valence electrons. The van der Waals surface area contributed by atoms with Crippen molar-refractivity contribution >= 4 is 20.1 Å². The van der Waals surface area contributed by atoms with E-state index in [-0.39, 0.29) is 35.7 Å². The maximum atomic E-state index is 12.6. The fourth-order valence-corrected chi connectivity index (χ4v) is 4.36. The molecule has 0 aromatic carbocycles. The van der Waals surface area contributed by atoms with Crippen molar-refractivity contribution in [3.63, 3.8) is 0 Å². The molecule has 0 heterocycles. The summed E-state index contributed by atoms with van der Waals surface area (Å²) in [5.74, 6) is -1.91. The first-order chi connectivity index (χ1) is 14.6. The van der Waals surface area contributed by atoms with Crippen LogP contribution in [0.25, 0.3) is 0 Å². The van der Waals surface area contributed by atoms with Crippen molar-refractivity contribution in [2.45, 2.75) is 105 Å². The molecule has 0 aromatic heterocycles. The number of carbonyl (C=O) groups is 2. The van der Waals surface area contributed by atoms with Gasteiger partial charge >= 0.3 is 5.97 Å². The molecule has 0 saturated carbocycles. The molecule has 0 bridgehead atoms. The molecule has 0 spiro atoms. The topological polar surface area (TPSA) is 72.8 Å². The smallest absolute Gasteiger partial charge is 0.316 e. The van der Waals surface area contributed by atoms with Crippen LogP contribution in [0.3, 0.4) is 0 Å². The summed E-state index contributed by atoms with van der Waals surface area (Å²) in [6, 6.07) is 0. The second-order valence-corrected chi connectivity index (χ2v) is 15.1. The lowest BCUT2D eigenvalue weighted by molar-refractivity contribution is -0.147. The zero-order valence-electron chi connectivity index (χ0n) is 22.0. The van der Waals surface area contributed by atoms with Gasteiger partial charge in [0.1, 0.15) is 11.7 Å². The Kier molecular flexibility index (Phi) is 13.1. The highest BCUT2D eigenvalue weighted by Crippen LogP contribution is 2.37. The van der Waals surface area contributed by atoms with E-state index in [0.29, 0.717) is 6.42 Å². The van der Waals surface area contributed by atoms with Gasteiger partial charge in [0.05, 0.1) is 6.61 Å². The molecule has 0 amide bonds. The monoisotopic (exact) mass is 466 g/mol. The maximum Gasteiger partial charge on any atom is 0.316 e. The lowest BCUT2D eigenvalue weighted by atomic mass is 9.98. The Morgan fingerprint density at radius 3 is 2.19 bits per heavy atom. The number of esters is 1. The SMILES string of the molecule is CCOC(=O)C(C/C=C(\C)CCC=C(C)C)/C(O)=C/C(=O)CC(C)O[Si](C)(C)C(C)(C)C. The summed E-state index contributed by atoms with van der Waals surface area (Å²) < 4.78 is 11.4. The second-order valence-electron chi connectivity index (χ2n) is 10.3. The van der Waals surface area contributed by atoms with Crippen molar-refractivity contribution < 1.29 is 23.9 Å². The van der Waals surface area contributed by atoms with Crippen LogP contribution in [-0.4, -0.2) is 37.9 Å². The lowest BCUT2D eigenvalue weighted by Gasteiger charge is -2.38. The number of rotatable bonds is 13. The average Bonchev–Trinajstić information content (AvgIpc) is 2.59. The van der Waals surface area contributed by atoms with Gasteiger partial charge in [-0.15, -0.1) is 0 Å². The number of aliphatic hydroxyl groups excluding tert-OH is 1. The van der Waals surface area contributed by atoms with Crippen molar-refractivity contribution in [3.05, 3.63) is 35.1 Å². The standard InChI is InChI=1S/C26H46O5Si/c1-11-30-25(29)23(16-15-20(4)14-12-13-19(2)3)24(28)18-22(27)17-21(5)31-32(9,10)26(6,7)8/h13,15,18,21,23,28H,11-12,14,16-17H2,1-10H3/b20-15+,24-18-. The summed E-state index contributed by atoms with van der Waals surface area (Å²) in [4.78, 5) is 25.0. The minimum Gasteiger partial charge on any atom is -0.511 e. The van der Waals surface area contributed by atoms with Gasteiger partial charge in [-0.25, -0.2) is 0 Å². The van der Waals surface area contributed by atoms with Crippen LogP contribution in [0.2, 0.25) is 18.1 Å². The quantitative estimate of drug-likeness (QED) is 0.103. The number of ketones is 1. The van der Waals surface area contributed by atoms with E-state index in [1.807, 2.05) is 19.9 Å². The van der Waals surface area contributed by atoms with Crippen LogP contribution in [0.5, 0.6) is 0 Å². The predicted molar refractivity (Wildman–Crippen MR) is 135 cm³/mol.